The lowest BCUT2D eigenvalue weighted by atomic mass is 9.92. The fraction of sp³-hybridized carbons (Fsp3) is 0.263. The van der Waals surface area contributed by atoms with E-state index in [0.29, 0.717) is 18.5 Å². The third kappa shape index (κ3) is 6.10. The fourth-order valence-electron chi connectivity index (χ4n) is 1.80. The normalized spacial score (nSPS) is 12.0. The van der Waals surface area contributed by atoms with Crippen LogP contribution in [0.3, 0.4) is 0 Å². The van der Waals surface area contributed by atoms with Crippen molar-refractivity contribution in [2.75, 3.05) is 6.54 Å². The zero-order valence-electron chi connectivity index (χ0n) is 13.0. The number of nitrogens with two attached hydrogens (primary N) is 1. The molecule has 0 heterocycles. The largest absolute Gasteiger partial charge is 0.438 e. The van der Waals surface area contributed by atoms with Crippen molar-refractivity contribution in [1.29, 1.82) is 5.26 Å². The zero-order valence-corrected chi connectivity index (χ0v) is 13.0. The molecule has 1 aromatic carbocycles. The molecule has 0 spiro atoms. The van der Waals surface area contributed by atoms with Gasteiger partial charge in [0.1, 0.15) is 6.07 Å². The minimum atomic E-state index is -1.40. The van der Waals surface area contributed by atoms with Gasteiger partial charge in [-0.25, -0.2) is 0 Å². The number of esters is 1. The second kappa shape index (κ2) is 9.85. The first kappa shape index (κ1) is 18.1. The molecule has 1 atom stereocenters. The molecule has 1 unspecified atom stereocenters. The second-order valence-electron chi connectivity index (χ2n) is 4.59. The lowest BCUT2D eigenvalue weighted by Gasteiger charge is -2.24. The molecule has 0 fully saturated rings. The Hall–Kier alpha value is -3.00. The molecule has 1 aromatic rings. The number of nitrogens with zero attached hydrogens (tertiary/aromatic N) is 1. The van der Waals surface area contributed by atoms with Crippen molar-refractivity contribution in [3.05, 3.63) is 48.0 Å². The lowest BCUT2D eigenvalue weighted by molar-refractivity contribution is -0.152. The van der Waals surface area contributed by atoms with Crippen molar-refractivity contribution >= 4 is 5.97 Å². The Morgan fingerprint density at radius 3 is 2.48 bits per heavy atom. The van der Waals surface area contributed by atoms with Crippen LogP contribution in [0.5, 0.6) is 0 Å². The summed E-state index contributed by atoms with van der Waals surface area (Å²) < 4.78 is 5.26. The predicted molar refractivity (Wildman–Crippen MR) is 88.5 cm³/mol. The highest BCUT2D eigenvalue weighted by atomic mass is 16.6. The molecule has 0 radical (unpaired) electrons. The molecule has 1 rings (SSSR count). The number of hydrogen-bond acceptors (Lipinski definition) is 4. The first-order valence-corrected chi connectivity index (χ1v) is 7.13. The molecule has 0 saturated heterocycles. The van der Waals surface area contributed by atoms with Crippen molar-refractivity contribution in [2.45, 2.75) is 25.4 Å². The van der Waals surface area contributed by atoms with E-state index in [1.807, 2.05) is 6.07 Å². The van der Waals surface area contributed by atoms with Gasteiger partial charge in [0, 0.05) is 25.5 Å². The van der Waals surface area contributed by atoms with E-state index >= 15 is 0 Å². The van der Waals surface area contributed by atoms with E-state index in [1.54, 1.807) is 36.4 Å². The Labute approximate surface area is 136 Å². The molecule has 4 nitrogen and oxygen atoms in total. The van der Waals surface area contributed by atoms with Crippen LogP contribution in [0.15, 0.2) is 42.5 Å². The van der Waals surface area contributed by atoms with Crippen LogP contribution >= 0.6 is 0 Å². The Bertz CT molecular complexity index is 709. The molecule has 2 N–H and O–H groups in total. The van der Waals surface area contributed by atoms with Crippen LogP contribution < -0.4 is 5.73 Å². The van der Waals surface area contributed by atoms with Crippen LogP contribution in [0, 0.1) is 35.0 Å². The molecular weight excluding hydrogens is 288 g/mol. The Morgan fingerprint density at radius 2 is 1.91 bits per heavy atom. The van der Waals surface area contributed by atoms with Gasteiger partial charge in [-0.05, 0) is 12.2 Å². The van der Waals surface area contributed by atoms with Crippen LogP contribution in [0.4, 0.5) is 0 Å². The number of rotatable bonds is 4. The van der Waals surface area contributed by atoms with Gasteiger partial charge in [0.25, 0.3) is 0 Å². The van der Waals surface area contributed by atoms with E-state index in [4.69, 9.17) is 10.5 Å². The van der Waals surface area contributed by atoms with E-state index in [-0.39, 0.29) is 6.42 Å². The molecular formula is C19H18N2O2. The predicted octanol–water partition coefficient (Wildman–Crippen LogP) is 2.27. The van der Waals surface area contributed by atoms with Gasteiger partial charge in [-0.3, -0.25) is 4.79 Å². The zero-order chi connectivity index (χ0) is 17.0. The van der Waals surface area contributed by atoms with Gasteiger partial charge < -0.3 is 10.5 Å². The average Bonchev–Trinajstić information content (AvgIpc) is 2.56. The molecule has 116 valence electrons. The molecule has 0 aromatic heterocycles. The Kier molecular flexibility index (Phi) is 7.73. The maximum Gasteiger partial charge on any atom is 0.304 e. The van der Waals surface area contributed by atoms with E-state index in [2.05, 4.69) is 29.8 Å². The quantitative estimate of drug-likeness (QED) is 0.684. The number of benzene rings is 1. The van der Waals surface area contributed by atoms with Gasteiger partial charge in [0.2, 0.25) is 5.60 Å². The van der Waals surface area contributed by atoms with Crippen molar-refractivity contribution < 1.29 is 9.53 Å². The maximum absolute atomic E-state index is 11.4. The summed E-state index contributed by atoms with van der Waals surface area (Å²) >= 11 is 0. The van der Waals surface area contributed by atoms with Crippen LogP contribution in [0.1, 0.15) is 25.3 Å². The minimum Gasteiger partial charge on any atom is -0.438 e. The highest BCUT2D eigenvalue weighted by Gasteiger charge is 2.35. The number of carbonyl (C=O) groups is 1. The summed E-state index contributed by atoms with van der Waals surface area (Å²) in [6.45, 7) is 1.80. The summed E-state index contributed by atoms with van der Waals surface area (Å²) in [4.78, 5) is 11.4. The summed E-state index contributed by atoms with van der Waals surface area (Å²) in [6, 6.07) is 10.9. The summed E-state index contributed by atoms with van der Waals surface area (Å²) in [7, 11) is 0. The first-order valence-electron chi connectivity index (χ1n) is 7.13. The lowest BCUT2D eigenvalue weighted by Crippen LogP contribution is -2.29. The van der Waals surface area contributed by atoms with E-state index in [0.717, 1.165) is 0 Å². The van der Waals surface area contributed by atoms with Crippen LogP contribution in [0.2, 0.25) is 0 Å². The van der Waals surface area contributed by atoms with Gasteiger partial charge in [0.15, 0.2) is 0 Å². The SMILES string of the molecule is CC(=O)OC(C#N)(CC#C/C=C/C#CCCN)c1ccccc1. The monoisotopic (exact) mass is 306 g/mol. The molecule has 0 aliphatic rings. The average molecular weight is 306 g/mol. The highest BCUT2D eigenvalue weighted by molar-refractivity contribution is 5.67. The molecule has 4 heteroatoms. The summed E-state index contributed by atoms with van der Waals surface area (Å²) in [5, 5.41) is 9.53. The minimum absolute atomic E-state index is 0.0770. The molecule has 23 heavy (non-hydrogen) atoms. The van der Waals surface area contributed by atoms with E-state index in [1.165, 1.54) is 6.92 Å². The summed E-state index contributed by atoms with van der Waals surface area (Å²) in [5.41, 5.74) is 4.51. The van der Waals surface area contributed by atoms with Crippen molar-refractivity contribution in [3.8, 4) is 29.8 Å². The van der Waals surface area contributed by atoms with Gasteiger partial charge in [-0.2, -0.15) is 5.26 Å². The summed E-state index contributed by atoms with van der Waals surface area (Å²) in [5.74, 6) is 10.8. The molecule has 0 amide bonds. The summed E-state index contributed by atoms with van der Waals surface area (Å²) in [6.07, 6.45) is 3.92. The number of nitriles is 1. The molecule has 0 aliphatic heterocycles. The van der Waals surface area contributed by atoms with Gasteiger partial charge in [-0.15, -0.1) is 0 Å². The highest BCUT2D eigenvalue weighted by Crippen LogP contribution is 2.28. The van der Waals surface area contributed by atoms with E-state index < -0.39 is 11.6 Å². The van der Waals surface area contributed by atoms with Gasteiger partial charge >= 0.3 is 5.97 Å². The first-order chi connectivity index (χ1) is 11.1. The van der Waals surface area contributed by atoms with Crippen LogP contribution in [-0.4, -0.2) is 12.5 Å². The van der Waals surface area contributed by atoms with Crippen LogP contribution in [-0.2, 0) is 15.1 Å². The molecule has 0 bridgehead atoms. The maximum atomic E-state index is 11.4. The van der Waals surface area contributed by atoms with E-state index in [9.17, 15) is 10.1 Å². The molecule has 0 aliphatic carbocycles. The third-order valence-electron chi connectivity index (χ3n) is 2.80. The smallest absolute Gasteiger partial charge is 0.304 e. The Balaban J connectivity index is 2.91. The third-order valence-corrected chi connectivity index (χ3v) is 2.80. The van der Waals surface area contributed by atoms with Gasteiger partial charge in [0.05, 0.1) is 6.42 Å². The van der Waals surface area contributed by atoms with Gasteiger partial charge in [-0.1, -0.05) is 54.0 Å². The topological polar surface area (TPSA) is 76.1 Å². The Morgan fingerprint density at radius 1 is 1.26 bits per heavy atom. The van der Waals surface area contributed by atoms with Crippen molar-refractivity contribution in [3.63, 3.8) is 0 Å². The number of allylic oxidation sites excluding steroid dienone is 2. The number of ether oxygens (including phenoxy) is 1. The molecule has 0 saturated carbocycles. The fourth-order valence-corrected chi connectivity index (χ4v) is 1.80. The van der Waals surface area contributed by atoms with Crippen molar-refractivity contribution in [1.82, 2.24) is 0 Å². The number of hydrogen-bond donors (Lipinski definition) is 1. The number of carbonyl (C=O) groups excluding carboxylic acids is 1. The van der Waals surface area contributed by atoms with Crippen LogP contribution in [0.25, 0.3) is 0 Å². The van der Waals surface area contributed by atoms with Crippen molar-refractivity contribution in [2.24, 2.45) is 5.73 Å². The second-order valence-corrected chi connectivity index (χ2v) is 4.59. The standard InChI is InChI=1S/C19H18N2O2/c1-17(22)23-19(16-21,18-12-8-7-9-13-18)14-10-5-3-2-4-6-11-15-20/h2-3,7-9,12-13H,11,14-15,20H2,1H3/b3-2+.